The number of hydrogen-bond acceptors (Lipinski definition) is 2. The molecule has 0 spiro atoms. The van der Waals surface area contributed by atoms with E-state index < -0.39 is 11.7 Å². The van der Waals surface area contributed by atoms with E-state index in [1.807, 2.05) is 19.1 Å². The van der Waals surface area contributed by atoms with E-state index >= 15 is 0 Å². The van der Waals surface area contributed by atoms with Gasteiger partial charge in [0.2, 0.25) is 0 Å². The van der Waals surface area contributed by atoms with E-state index in [0.29, 0.717) is 16.8 Å². The summed E-state index contributed by atoms with van der Waals surface area (Å²) in [6.45, 7) is 3.53. The molecule has 1 amide bonds. The Kier molecular flexibility index (Phi) is 4.49. The second-order valence-corrected chi connectivity index (χ2v) is 5.03. The molecular formula is C16H15F3N2O. The van der Waals surface area contributed by atoms with Crippen molar-refractivity contribution in [1.29, 1.82) is 0 Å². The molecule has 0 saturated carbocycles. The van der Waals surface area contributed by atoms with Crippen molar-refractivity contribution in [2.45, 2.75) is 26.6 Å². The van der Waals surface area contributed by atoms with E-state index in [2.05, 4.69) is 10.3 Å². The number of carbonyl (C=O) groups excluding carboxylic acids is 1. The predicted octanol–water partition coefficient (Wildman–Crippen LogP) is 3.65. The molecule has 0 unspecified atom stereocenters. The summed E-state index contributed by atoms with van der Waals surface area (Å²) in [4.78, 5) is 15.7. The Morgan fingerprint density at radius 1 is 1.18 bits per heavy atom. The zero-order valence-electron chi connectivity index (χ0n) is 12.2. The fourth-order valence-electron chi connectivity index (χ4n) is 1.91. The van der Waals surface area contributed by atoms with Gasteiger partial charge in [0.15, 0.2) is 0 Å². The highest BCUT2D eigenvalue weighted by molar-refractivity contribution is 5.94. The third kappa shape index (κ3) is 3.84. The number of carbonyl (C=O) groups is 1. The zero-order valence-corrected chi connectivity index (χ0v) is 12.2. The van der Waals surface area contributed by atoms with E-state index in [0.717, 1.165) is 17.8 Å². The first kappa shape index (κ1) is 16.0. The molecule has 0 aliphatic carbocycles. The average molecular weight is 308 g/mol. The smallest absolute Gasteiger partial charge is 0.346 e. The molecule has 1 aromatic carbocycles. The average Bonchev–Trinajstić information content (AvgIpc) is 2.45. The fraction of sp³-hybridized carbons (Fsp3) is 0.250. The van der Waals surface area contributed by atoms with Gasteiger partial charge in [0.1, 0.15) is 0 Å². The van der Waals surface area contributed by atoms with Crippen LogP contribution in [-0.2, 0) is 12.7 Å². The van der Waals surface area contributed by atoms with E-state index in [1.165, 1.54) is 6.92 Å². The lowest BCUT2D eigenvalue weighted by molar-refractivity contribution is -0.137. The van der Waals surface area contributed by atoms with Gasteiger partial charge in [-0.15, -0.1) is 0 Å². The number of nitrogens with zero attached hydrogens (tertiary/aromatic N) is 1. The first-order valence-corrected chi connectivity index (χ1v) is 6.65. The predicted molar refractivity (Wildman–Crippen MR) is 76.3 cm³/mol. The highest BCUT2D eigenvalue weighted by Gasteiger charge is 2.31. The van der Waals surface area contributed by atoms with Crippen LogP contribution in [0.5, 0.6) is 0 Å². The zero-order chi connectivity index (χ0) is 16.3. The van der Waals surface area contributed by atoms with Gasteiger partial charge in [-0.2, -0.15) is 13.2 Å². The number of alkyl halides is 3. The summed E-state index contributed by atoms with van der Waals surface area (Å²) < 4.78 is 37.7. The van der Waals surface area contributed by atoms with Gasteiger partial charge in [0, 0.05) is 11.8 Å². The third-order valence-electron chi connectivity index (χ3n) is 3.24. The highest BCUT2D eigenvalue weighted by atomic mass is 19.4. The van der Waals surface area contributed by atoms with Crippen LogP contribution in [0.3, 0.4) is 0 Å². The van der Waals surface area contributed by atoms with Crippen molar-refractivity contribution >= 4 is 5.91 Å². The van der Waals surface area contributed by atoms with Gasteiger partial charge in [-0.1, -0.05) is 17.7 Å². The van der Waals surface area contributed by atoms with Crippen LogP contribution in [0.15, 0.2) is 36.5 Å². The second kappa shape index (κ2) is 6.17. The second-order valence-electron chi connectivity index (χ2n) is 5.03. The molecule has 1 N–H and O–H groups in total. The number of hydrogen-bond donors (Lipinski definition) is 1. The summed E-state index contributed by atoms with van der Waals surface area (Å²) in [5.74, 6) is -0.291. The molecule has 0 aliphatic heterocycles. The number of aryl methyl sites for hydroxylation is 2. The van der Waals surface area contributed by atoms with Gasteiger partial charge < -0.3 is 5.32 Å². The Balaban J connectivity index is 2.05. The topological polar surface area (TPSA) is 42.0 Å². The number of amides is 1. The first-order chi connectivity index (χ1) is 10.3. The summed E-state index contributed by atoms with van der Waals surface area (Å²) in [6, 6.07) is 8.04. The Labute approximate surface area is 126 Å². The minimum atomic E-state index is -4.42. The Morgan fingerprint density at radius 3 is 2.36 bits per heavy atom. The van der Waals surface area contributed by atoms with Gasteiger partial charge in [0.05, 0.1) is 17.8 Å². The van der Waals surface area contributed by atoms with Gasteiger partial charge in [0.25, 0.3) is 5.91 Å². The van der Waals surface area contributed by atoms with E-state index in [1.54, 1.807) is 12.1 Å². The molecule has 1 aromatic heterocycles. The normalized spacial score (nSPS) is 11.3. The molecule has 0 atom stereocenters. The van der Waals surface area contributed by atoms with Crippen LogP contribution in [0, 0.1) is 13.8 Å². The molecule has 0 saturated heterocycles. The van der Waals surface area contributed by atoms with Crippen molar-refractivity contribution in [2.24, 2.45) is 0 Å². The van der Waals surface area contributed by atoms with E-state index in [-0.39, 0.29) is 12.5 Å². The molecule has 3 nitrogen and oxygen atoms in total. The minimum absolute atomic E-state index is 0.0800. The summed E-state index contributed by atoms with van der Waals surface area (Å²) >= 11 is 0. The maximum atomic E-state index is 12.6. The van der Waals surface area contributed by atoms with Gasteiger partial charge >= 0.3 is 6.18 Å². The SMILES string of the molecule is Cc1ccc(C(=O)NCc2ncc(C(F)(F)F)cc2C)cc1. The molecule has 0 radical (unpaired) electrons. The monoisotopic (exact) mass is 308 g/mol. The van der Waals surface area contributed by atoms with Crippen LogP contribution in [0.1, 0.15) is 32.7 Å². The largest absolute Gasteiger partial charge is 0.417 e. The lowest BCUT2D eigenvalue weighted by atomic mass is 10.1. The van der Waals surface area contributed by atoms with Crippen molar-refractivity contribution in [3.63, 3.8) is 0 Å². The number of aromatic nitrogens is 1. The molecule has 6 heteroatoms. The Morgan fingerprint density at radius 2 is 1.82 bits per heavy atom. The Bertz CT molecular complexity index is 679. The van der Waals surface area contributed by atoms with Crippen LogP contribution in [0.4, 0.5) is 13.2 Å². The highest BCUT2D eigenvalue weighted by Crippen LogP contribution is 2.29. The van der Waals surface area contributed by atoms with E-state index in [9.17, 15) is 18.0 Å². The quantitative estimate of drug-likeness (QED) is 0.940. The number of rotatable bonds is 3. The third-order valence-corrected chi connectivity index (χ3v) is 3.24. The van der Waals surface area contributed by atoms with Gasteiger partial charge in [-0.05, 0) is 37.6 Å². The van der Waals surface area contributed by atoms with Crippen molar-refractivity contribution < 1.29 is 18.0 Å². The number of halogens is 3. The molecule has 22 heavy (non-hydrogen) atoms. The lowest BCUT2D eigenvalue weighted by Gasteiger charge is -2.11. The molecule has 0 bridgehead atoms. The summed E-state index contributed by atoms with van der Waals surface area (Å²) in [5, 5.41) is 2.65. The van der Waals surface area contributed by atoms with Gasteiger partial charge in [-0.3, -0.25) is 9.78 Å². The summed E-state index contributed by atoms with van der Waals surface area (Å²) in [7, 11) is 0. The minimum Gasteiger partial charge on any atom is -0.346 e. The number of pyridine rings is 1. The number of benzene rings is 1. The standard InChI is InChI=1S/C16H15F3N2O/c1-10-3-5-12(6-4-10)15(22)21-9-14-11(2)7-13(8-20-14)16(17,18)19/h3-8H,9H2,1-2H3,(H,21,22). The van der Waals surface area contributed by atoms with Crippen molar-refractivity contribution in [3.05, 3.63) is 64.5 Å². The summed E-state index contributed by atoms with van der Waals surface area (Å²) in [5.41, 5.74) is 1.54. The van der Waals surface area contributed by atoms with Crippen LogP contribution in [-0.4, -0.2) is 10.9 Å². The molecule has 0 aliphatic rings. The van der Waals surface area contributed by atoms with Crippen LogP contribution in [0.2, 0.25) is 0 Å². The molecule has 2 rings (SSSR count). The summed E-state index contributed by atoms with van der Waals surface area (Å²) in [6.07, 6.45) is -3.64. The van der Waals surface area contributed by atoms with Crippen molar-refractivity contribution in [1.82, 2.24) is 10.3 Å². The van der Waals surface area contributed by atoms with Crippen LogP contribution in [0.25, 0.3) is 0 Å². The van der Waals surface area contributed by atoms with Crippen LogP contribution < -0.4 is 5.32 Å². The maximum absolute atomic E-state index is 12.6. The van der Waals surface area contributed by atoms with Crippen molar-refractivity contribution in [3.8, 4) is 0 Å². The molecular weight excluding hydrogens is 293 g/mol. The molecule has 116 valence electrons. The number of nitrogens with one attached hydrogen (secondary N) is 1. The van der Waals surface area contributed by atoms with Crippen LogP contribution >= 0.6 is 0 Å². The fourth-order valence-corrected chi connectivity index (χ4v) is 1.91. The molecule has 2 aromatic rings. The first-order valence-electron chi connectivity index (χ1n) is 6.65. The van der Waals surface area contributed by atoms with E-state index in [4.69, 9.17) is 0 Å². The molecule has 1 heterocycles. The van der Waals surface area contributed by atoms with Gasteiger partial charge in [-0.25, -0.2) is 0 Å². The Hall–Kier alpha value is -2.37. The van der Waals surface area contributed by atoms with Crippen molar-refractivity contribution in [2.75, 3.05) is 0 Å². The lowest BCUT2D eigenvalue weighted by Crippen LogP contribution is -2.24. The molecule has 0 fully saturated rings. The maximum Gasteiger partial charge on any atom is 0.417 e.